The standard InChI is InChI=1S/C14H16F3NO2.C14H10F3NO2.2CH3Cl/c2*1-8-6-10(14(15,16)17)2-3-11(8)12-7-9(13(19)20)4-5-18-12;2*1-2/h2-3,6,9,12,18H,4-5,7H2,1H3,(H,19,20);2-7H,1H3,(H,19,20);2*1H3. The third-order valence-corrected chi connectivity index (χ3v) is 6.56. The Balaban J connectivity index is 0.000000395. The Morgan fingerprint density at radius 2 is 1.39 bits per heavy atom. The number of aromatic carboxylic acids is 1. The summed E-state index contributed by atoms with van der Waals surface area (Å²) in [6, 6.07) is 9.33. The number of carbonyl (C=O) groups is 2. The molecule has 2 atom stereocenters. The van der Waals surface area contributed by atoms with E-state index in [0.29, 0.717) is 41.8 Å². The lowest BCUT2D eigenvalue weighted by Gasteiger charge is -2.29. The predicted octanol–water partition coefficient (Wildman–Crippen LogP) is 8.62. The van der Waals surface area contributed by atoms with Crippen molar-refractivity contribution in [3.05, 3.63) is 88.1 Å². The van der Waals surface area contributed by atoms with E-state index in [1.54, 1.807) is 6.92 Å². The number of alkyl halides is 8. The number of carboxylic acid groups (broad SMARTS) is 2. The molecule has 1 saturated heterocycles. The molecule has 1 aromatic heterocycles. The number of pyridine rings is 1. The van der Waals surface area contributed by atoms with Crippen LogP contribution in [0.4, 0.5) is 26.3 Å². The minimum atomic E-state index is -4.40. The molecule has 3 aromatic rings. The zero-order chi connectivity index (χ0) is 33.8. The normalized spacial score (nSPS) is 16.2. The van der Waals surface area contributed by atoms with Gasteiger partial charge in [0.05, 0.1) is 28.3 Å². The topological polar surface area (TPSA) is 99.5 Å². The lowest BCUT2D eigenvalue weighted by Crippen LogP contribution is -2.35. The van der Waals surface area contributed by atoms with Crippen molar-refractivity contribution in [1.82, 2.24) is 10.3 Å². The van der Waals surface area contributed by atoms with E-state index in [-0.39, 0.29) is 11.6 Å². The molecule has 44 heavy (non-hydrogen) atoms. The maximum absolute atomic E-state index is 12.6. The van der Waals surface area contributed by atoms with Crippen molar-refractivity contribution in [3.8, 4) is 11.3 Å². The molecule has 2 unspecified atom stereocenters. The number of nitrogens with zero attached hydrogens (tertiary/aromatic N) is 1. The minimum Gasteiger partial charge on any atom is -0.481 e. The first-order valence-electron chi connectivity index (χ1n) is 12.8. The van der Waals surface area contributed by atoms with Crippen LogP contribution in [-0.2, 0) is 17.1 Å². The van der Waals surface area contributed by atoms with Crippen LogP contribution in [0.25, 0.3) is 11.3 Å². The number of hydrogen-bond donors (Lipinski definition) is 3. The van der Waals surface area contributed by atoms with Gasteiger partial charge in [0.2, 0.25) is 0 Å². The van der Waals surface area contributed by atoms with Crippen LogP contribution in [0.5, 0.6) is 0 Å². The smallest absolute Gasteiger partial charge is 0.416 e. The highest BCUT2D eigenvalue weighted by molar-refractivity contribution is 6.15. The first-order chi connectivity index (χ1) is 20.6. The summed E-state index contributed by atoms with van der Waals surface area (Å²) in [5.74, 6) is -2.40. The van der Waals surface area contributed by atoms with Gasteiger partial charge in [0, 0.05) is 30.6 Å². The fourth-order valence-corrected chi connectivity index (χ4v) is 4.46. The average molecular weight is 669 g/mol. The molecule has 242 valence electrons. The average Bonchev–Trinajstić information content (AvgIpc) is 2.98. The molecule has 0 aliphatic carbocycles. The Kier molecular flexibility index (Phi) is 15.1. The summed E-state index contributed by atoms with van der Waals surface area (Å²) < 4.78 is 75.6. The zero-order valence-corrected chi connectivity index (χ0v) is 25.7. The van der Waals surface area contributed by atoms with Crippen molar-refractivity contribution in [2.75, 3.05) is 19.3 Å². The van der Waals surface area contributed by atoms with E-state index in [1.165, 1.54) is 50.2 Å². The highest BCUT2D eigenvalue weighted by Crippen LogP contribution is 2.35. The molecule has 0 radical (unpaired) electrons. The molecule has 4 rings (SSSR count). The molecule has 14 heteroatoms. The van der Waals surface area contributed by atoms with Crippen LogP contribution in [0.1, 0.15) is 57.1 Å². The Hall–Kier alpha value is -3.35. The second-order valence-corrected chi connectivity index (χ2v) is 9.40. The van der Waals surface area contributed by atoms with Gasteiger partial charge in [-0.2, -0.15) is 26.3 Å². The van der Waals surface area contributed by atoms with Gasteiger partial charge in [0.15, 0.2) is 0 Å². The van der Waals surface area contributed by atoms with Gasteiger partial charge in [-0.3, -0.25) is 9.78 Å². The van der Waals surface area contributed by atoms with Crippen molar-refractivity contribution in [2.45, 2.75) is 45.1 Å². The Morgan fingerprint density at radius 3 is 1.86 bits per heavy atom. The van der Waals surface area contributed by atoms with Crippen LogP contribution in [-0.4, -0.2) is 46.4 Å². The largest absolute Gasteiger partial charge is 0.481 e. The number of rotatable bonds is 4. The Bertz CT molecular complexity index is 1400. The first-order valence-corrected chi connectivity index (χ1v) is 14.4. The van der Waals surface area contributed by atoms with E-state index in [4.69, 9.17) is 10.2 Å². The number of aliphatic carboxylic acids is 1. The summed E-state index contributed by atoms with van der Waals surface area (Å²) in [6.07, 6.45) is -3.55. The van der Waals surface area contributed by atoms with E-state index < -0.39 is 41.3 Å². The maximum Gasteiger partial charge on any atom is 0.416 e. The van der Waals surface area contributed by atoms with Gasteiger partial charge in [-0.25, -0.2) is 4.79 Å². The number of aryl methyl sites for hydroxylation is 2. The van der Waals surface area contributed by atoms with Crippen LogP contribution in [0, 0.1) is 19.8 Å². The molecule has 0 amide bonds. The quantitative estimate of drug-likeness (QED) is 0.190. The van der Waals surface area contributed by atoms with Crippen LogP contribution >= 0.6 is 23.2 Å². The highest BCUT2D eigenvalue weighted by atomic mass is 35.5. The van der Waals surface area contributed by atoms with Gasteiger partial charge >= 0.3 is 24.3 Å². The Labute approximate surface area is 261 Å². The number of hydrogen-bond acceptors (Lipinski definition) is 4. The monoisotopic (exact) mass is 668 g/mol. The Morgan fingerprint density at radius 1 is 0.841 bits per heavy atom. The van der Waals surface area contributed by atoms with Gasteiger partial charge in [-0.1, -0.05) is 12.1 Å². The van der Waals surface area contributed by atoms with Crippen molar-refractivity contribution in [1.29, 1.82) is 0 Å². The van der Waals surface area contributed by atoms with Gasteiger partial charge < -0.3 is 15.5 Å². The van der Waals surface area contributed by atoms with E-state index >= 15 is 0 Å². The second kappa shape index (κ2) is 17.2. The van der Waals surface area contributed by atoms with E-state index in [9.17, 15) is 35.9 Å². The van der Waals surface area contributed by atoms with Crippen LogP contribution in [0.15, 0.2) is 54.7 Å². The first kappa shape index (κ1) is 38.7. The molecule has 0 saturated carbocycles. The molecule has 2 heterocycles. The third-order valence-electron chi connectivity index (χ3n) is 6.56. The van der Waals surface area contributed by atoms with Gasteiger partial charge in [-0.15, -0.1) is 23.2 Å². The number of nitrogens with one attached hydrogen (secondary N) is 1. The molecule has 2 aromatic carbocycles. The maximum atomic E-state index is 12.6. The van der Waals surface area contributed by atoms with Crippen LogP contribution in [0.3, 0.4) is 0 Å². The fraction of sp³-hybridized carbons (Fsp3) is 0.367. The fourth-order valence-electron chi connectivity index (χ4n) is 4.46. The summed E-state index contributed by atoms with van der Waals surface area (Å²) in [5.41, 5.74) is 1.08. The number of benzene rings is 2. The lowest BCUT2D eigenvalue weighted by molar-refractivity contribution is -0.143. The van der Waals surface area contributed by atoms with Gasteiger partial charge in [0.1, 0.15) is 0 Å². The minimum absolute atomic E-state index is 0.0364. The molecule has 1 aliphatic heterocycles. The number of carboxylic acids is 2. The van der Waals surface area contributed by atoms with E-state index in [2.05, 4.69) is 33.5 Å². The summed E-state index contributed by atoms with van der Waals surface area (Å²) in [5, 5.41) is 21.1. The van der Waals surface area contributed by atoms with Gasteiger partial charge in [-0.05, 0) is 86.3 Å². The summed E-state index contributed by atoms with van der Waals surface area (Å²) in [6.45, 7) is 3.71. The number of halogens is 8. The molecular weight excluding hydrogens is 637 g/mol. The summed E-state index contributed by atoms with van der Waals surface area (Å²) >= 11 is 9.28. The SMILES string of the molecule is CCl.CCl.Cc1cc(C(F)(F)F)ccc1-c1cc(C(=O)O)ccn1.Cc1cc(C(F)(F)F)ccc1C1CC(C(=O)O)CCN1. The second-order valence-electron chi connectivity index (χ2n) is 9.40. The van der Waals surface area contributed by atoms with Crippen molar-refractivity contribution >= 4 is 35.1 Å². The van der Waals surface area contributed by atoms with E-state index in [1.807, 2.05) is 0 Å². The molecule has 0 bridgehead atoms. The van der Waals surface area contributed by atoms with Crippen LogP contribution in [0.2, 0.25) is 0 Å². The molecular formula is C30H32Cl2F6N2O4. The molecule has 3 N–H and O–H groups in total. The predicted molar refractivity (Wildman–Crippen MR) is 157 cm³/mol. The molecule has 6 nitrogen and oxygen atoms in total. The number of piperidine rings is 1. The number of aromatic nitrogens is 1. The summed E-state index contributed by atoms with van der Waals surface area (Å²) in [4.78, 5) is 25.9. The highest BCUT2D eigenvalue weighted by Gasteiger charge is 2.33. The van der Waals surface area contributed by atoms with Crippen LogP contribution < -0.4 is 5.32 Å². The van der Waals surface area contributed by atoms with Crippen molar-refractivity contribution in [3.63, 3.8) is 0 Å². The van der Waals surface area contributed by atoms with E-state index in [0.717, 1.165) is 29.8 Å². The molecule has 1 aliphatic rings. The van der Waals surface area contributed by atoms with Crippen molar-refractivity contribution in [2.24, 2.45) is 5.92 Å². The zero-order valence-electron chi connectivity index (χ0n) is 24.2. The lowest BCUT2D eigenvalue weighted by atomic mass is 9.87. The van der Waals surface area contributed by atoms with Crippen molar-refractivity contribution < 1.29 is 46.1 Å². The van der Waals surface area contributed by atoms with Gasteiger partial charge in [0.25, 0.3) is 0 Å². The third kappa shape index (κ3) is 11.0. The molecule has 0 spiro atoms. The summed E-state index contributed by atoms with van der Waals surface area (Å²) in [7, 11) is 0. The molecule has 1 fully saturated rings.